The Hall–Kier alpha value is -1.25. The normalized spacial score (nSPS) is 14.8. The van der Waals surface area contributed by atoms with Crippen molar-refractivity contribution in [2.24, 2.45) is 0 Å². The third-order valence-electron chi connectivity index (χ3n) is 2.14. The molecule has 0 atom stereocenters. The highest BCUT2D eigenvalue weighted by Gasteiger charge is 2.20. The highest BCUT2D eigenvalue weighted by atomic mass is 15.3. The quantitative estimate of drug-likeness (QED) is 0.682. The molecule has 3 nitrogen and oxygen atoms in total. The summed E-state index contributed by atoms with van der Waals surface area (Å²) in [6.45, 7) is 5.25. The monoisotopic (exact) mass is 163 g/mol. The van der Waals surface area contributed by atoms with Gasteiger partial charge in [0.1, 0.15) is 0 Å². The molecule has 3 heteroatoms. The minimum absolute atomic E-state index is 0.531. The second kappa shape index (κ2) is 2.66. The number of nitrogens with one attached hydrogen (secondary N) is 1. The summed E-state index contributed by atoms with van der Waals surface area (Å²) >= 11 is 0. The average molecular weight is 163 g/mol. The molecule has 12 heavy (non-hydrogen) atoms. The fourth-order valence-electron chi connectivity index (χ4n) is 1.47. The lowest BCUT2D eigenvalue weighted by atomic mass is 10.3. The van der Waals surface area contributed by atoms with Crippen LogP contribution in [0.2, 0.25) is 0 Å². The van der Waals surface area contributed by atoms with Crippen molar-refractivity contribution in [3.63, 3.8) is 0 Å². The lowest BCUT2D eigenvalue weighted by molar-refractivity contribution is 0.727. The first kappa shape index (κ1) is 7.40. The fraction of sp³-hybridized carbons (Fsp3) is 0.444. The van der Waals surface area contributed by atoms with E-state index in [9.17, 15) is 0 Å². The van der Waals surface area contributed by atoms with Crippen molar-refractivity contribution in [2.45, 2.75) is 19.9 Å². The number of pyridine rings is 1. The number of hydrogen-bond acceptors (Lipinski definition) is 3. The molecule has 2 heterocycles. The summed E-state index contributed by atoms with van der Waals surface area (Å²) in [5, 5.41) is 3.25. The molecule has 0 saturated carbocycles. The molecule has 0 fully saturated rings. The summed E-state index contributed by atoms with van der Waals surface area (Å²) in [6.07, 6.45) is 1.82. The van der Waals surface area contributed by atoms with E-state index in [1.165, 1.54) is 5.69 Å². The highest BCUT2D eigenvalue weighted by molar-refractivity contribution is 5.70. The van der Waals surface area contributed by atoms with E-state index < -0.39 is 0 Å². The molecule has 2 rings (SSSR count). The van der Waals surface area contributed by atoms with E-state index in [-0.39, 0.29) is 0 Å². The number of hydrogen-bond donors (Lipinski definition) is 1. The summed E-state index contributed by atoms with van der Waals surface area (Å²) in [5.41, 5.74) is 1.22. The van der Waals surface area contributed by atoms with Gasteiger partial charge in [-0.1, -0.05) is 0 Å². The van der Waals surface area contributed by atoms with Crippen molar-refractivity contribution in [3.05, 3.63) is 18.3 Å². The maximum absolute atomic E-state index is 4.24. The first-order valence-electron chi connectivity index (χ1n) is 4.24. The summed E-state index contributed by atoms with van der Waals surface area (Å²) in [4.78, 5) is 6.53. The molecule has 1 aromatic heterocycles. The number of fused-ring (bicyclic) bond motifs is 1. The molecule has 1 aliphatic rings. The lowest BCUT2D eigenvalue weighted by Crippen LogP contribution is -2.29. The van der Waals surface area contributed by atoms with Crippen LogP contribution in [0.4, 0.5) is 11.5 Å². The molecule has 0 radical (unpaired) electrons. The van der Waals surface area contributed by atoms with Crippen LogP contribution in [-0.4, -0.2) is 17.7 Å². The van der Waals surface area contributed by atoms with Crippen molar-refractivity contribution in [3.8, 4) is 0 Å². The Morgan fingerprint density at radius 3 is 3.17 bits per heavy atom. The van der Waals surface area contributed by atoms with Gasteiger partial charge in [-0.05, 0) is 26.0 Å². The summed E-state index contributed by atoms with van der Waals surface area (Å²) in [5.74, 6) is 1.01. The Balaban J connectivity index is 2.36. The smallest absolute Gasteiger partial charge is 0.151 e. The third-order valence-corrected chi connectivity index (χ3v) is 2.14. The van der Waals surface area contributed by atoms with Gasteiger partial charge in [0.2, 0.25) is 0 Å². The van der Waals surface area contributed by atoms with Crippen molar-refractivity contribution in [1.82, 2.24) is 4.98 Å². The van der Waals surface area contributed by atoms with Crippen LogP contribution in [-0.2, 0) is 0 Å². The highest BCUT2D eigenvalue weighted by Crippen LogP contribution is 2.29. The van der Waals surface area contributed by atoms with E-state index in [4.69, 9.17) is 0 Å². The van der Waals surface area contributed by atoms with Crippen LogP contribution in [0.5, 0.6) is 0 Å². The van der Waals surface area contributed by atoms with Gasteiger partial charge in [-0.25, -0.2) is 4.98 Å². The van der Waals surface area contributed by atoms with Gasteiger partial charge >= 0.3 is 0 Å². The van der Waals surface area contributed by atoms with E-state index in [0.29, 0.717) is 6.04 Å². The van der Waals surface area contributed by atoms with E-state index in [1.54, 1.807) is 0 Å². The van der Waals surface area contributed by atoms with Gasteiger partial charge in [-0.2, -0.15) is 0 Å². The molecule has 0 aliphatic carbocycles. The zero-order valence-electron chi connectivity index (χ0n) is 7.41. The SMILES string of the molecule is CC(C)N1CNc2ncccc21. The summed E-state index contributed by atoms with van der Waals surface area (Å²) in [7, 11) is 0. The van der Waals surface area contributed by atoms with Crippen LogP contribution in [0.1, 0.15) is 13.8 Å². The molecule has 0 amide bonds. The topological polar surface area (TPSA) is 28.2 Å². The van der Waals surface area contributed by atoms with Crippen LogP contribution in [0, 0.1) is 0 Å². The van der Waals surface area contributed by atoms with Crippen LogP contribution < -0.4 is 10.2 Å². The predicted octanol–water partition coefficient (Wildman–Crippen LogP) is 1.68. The summed E-state index contributed by atoms with van der Waals surface area (Å²) < 4.78 is 0. The fourth-order valence-corrected chi connectivity index (χ4v) is 1.47. The molecule has 1 aliphatic heterocycles. The molecule has 0 unspecified atom stereocenters. The lowest BCUT2D eigenvalue weighted by Gasteiger charge is -2.21. The zero-order chi connectivity index (χ0) is 8.55. The van der Waals surface area contributed by atoms with Gasteiger partial charge in [-0.3, -0.25) is 0 Å². The first-order chi connectivity index (χ1) is 5.79. The molecule has 0 spiro atoms. The molecule has 0 aromatic carbocycles. The molecular formula is C9H13N3. The number of anilines is 2. The standard InChI is InChI=1S/C9H13N3/c1-7(2)12-6-11-9-8(12)4-3-5-10-9/h3-5,7H,6H2,1-2H3,(H,10,11). The van der Waals surface area contributed by atoms with E-state index >= 15 is 0 Å². The Labute approximate surface area is 72.4 Å². The van der Waals surface area contributed by atoms with Gasteiger partial charge in [-0.15, -0.1) is 0 Å². The Morgan fingerprint density at radius 1 is 1.58 bits per heavy atom. The number of rotatable bonds is 1. The van der Waals surface area contributed by atoms with Gasteiger partial charge in [0, 0.05) is 12.2 Å². The molecule has 64 valence electrons. The van der Waals surface area contributed by atoms with Gasteiger partial charge in [0.05, 0.1) is 12.4 Å². The van der Waals surface area contributed by atoms with Crippen LogP contribution in [0.15, 0.2) is 18.3 Å². The first-order valence-corrected chi connectivity index (χ1v) is 4.24. The van der Waals surface area contributed by atoms with Crippen LogP contribution in [0.25, 0.3) is 0 Å². The number of aromatic nitrogens is 1. The number of nitrogens with zero attached hydrogens (tertiary/aromatic N) is 2. The predicted molar refractivity (Wildman–Crippen MR) is 50.3 cm³/mol. The van der Waals surface area contributed by atoms with Crippen molar-refractivity contribution >= 4 is 11.5 Å². The molecule has 0 saturated heterocycles. The molecule has 0 bridgehead atoms. The van der Waals surface area contributed by atoms with Gasteiger partial charge in [0.25, 0.3) is 0 Å². The van der Waals surface area contributed by atoms with Crippen LogP contribution >= 0.6 is 0 Å². The van der Waals surface area contributed by atoms with Crippen molar-refractivity contribution < 1.29 is 0 Å². The largest absolute Gasteiger partial charge is 0.351 e. The summed E-state index contributed by atoms with van der Waals surface area (Å²) in [6, 6.07) is 4.60. The van der Waals surface area contributed by atoms with Crippen molar-refractivity contribution in [1.29, 1.82) is 0 Å². The third kappa shape index (κ3) is 1.02. The Morgan fingerprint density at radius 2 is 2.42 bits per heavy atom. The average Bonchev–Trinajstić information content (AvgIpc) is 2.47. The maximum atomic E-state index is 4.24. The van der Waals surface area contributed by atoms with E-state index in [2.05, 4.69) is 35.1 Å². The Kier molecular flexibility index (Phi) is 1.64. The van der Waals surface area contributed by atoms with E-state index in [1.807, 2.05) is 12.3 Å². The molecule has 1 N–H and O–H groups in total. The second-order valence-corrected chi connectivity index (χ2v) is 3.27. The van der Waals surface area contributed by atoms with Crippen molar-refractivity contribution in [2.75, 3.05) is 16.9 Å². The van der Waals surface area contributed by atoms with Gasteiger partial charge in [0.15, 0.2) is 5.82 Å². The maximum Gasteiger partial charge on any atom is 0.151 e. The van der Waals surface area contributed by atoms with Gasteiger partial charge < -0.3 is 10.2 Å². The molecular weight excluding hydrogens is 150 g/mol. The molecule has 1 aromatic rings. The minimum Gasteiger partial charge on any atom is -0.351 e. The van der Waals surface area contributed by atoms with Crippen LogP contribution in [0.3, 0.4) is 0 Å². The Bertz CT molecular complexity index is 283. The zero-order valence-corrected chi connectivity index (χ0v) is 7.41. The van der Waals surface area contributed by atoms with E-state index in [0.717, 1.165) is 12.5 Å². The minimum atomic E-state index is 0.531. The second-order valence-electron chi connectivity index (χ2n) is 3.27.